The third kappa shape index (κ3) is 4.77. The van der Waals surface area contributed by atoms with E-state index in [0.717, 1.165) is 48.9 Å². The van der Waals surface area contributed by atoms with Crippen molar-refractivity contribution in [3.05, 3.63) is 67.0 Å². The lowest BCUT2D eigenvalue weighted by Crippen LogP contribution is -2.49. The minimum atomic E-state index is -3.54. The van der Waals surface area contributed by atoms with Crippen molar-refractivity contribution in [3.8, 4) is 11.1 Å². The molecular formula is C25H30N6O2S. The number of rotatable bonds is 5. The highest BCUT2D eigenvalue weighted by molar-refractivity contribution is 7.89. The van der Waals surface area contributed by atoms with Crippen molar-refractivity contribution in [3.63, 3.8) is 0 Å². The number of nitrogens with zero attached hydrogens (tertiary/aromatic N) is 6. The maximum Gasteiger partial charge on any atom is 0.243 e. The molecule has 2 aliphatic rings. The molecule has 5 rings (SSSR count). The van der Waals surface area contributed by atoms with E-state index < -0.39 is 10.0 Å². The fourth-order valence-electron chi connectivity index (χ4n) is 4.48. The van der Waals surface area contributed by atoms with Gasteiger partial charge >= 0.3 is 0 Å². The quantitative estimate of drug-likeness (QED) is 0.558. The second-order valence-corrected chi connectivity index (χ2v) is 10.7. The normalized spacial score (nSPS) is 18.3. The van der Waals surface area contributed by atoms with Crippen LogP contribution in [0.1, 0.15) is 0 Å². The highest BCUT2D eigenvalue weighted by atomic mass is 32.2. The zero-order chi connectivity index (χ0) is 23.5. The minimum Gasteiger partial charge on any atom is -0.354 e. The maximum atomic E-state index is 13.2. The molecule has 3 heterocycles. The summed E-state index contributed by atoms with van der Waals surface area (Å²) in [6, 6.07) is 19.1. The summed E-state index contributed by atoms with van der Waals surface area (Å²) >= 11 is 0. The molecule has 8 nitrogen and oxygen atoms in total. The van der Waals surface area contributed by atoms with Crippen LogP contribution >= 0.6 is 0 Å². The third-order valence-corrected chi connectivity index (χ3v) is 8.54. The number of aromatic nitrogens is 2. The van der Waals surface area contributed by atoms with Crippen molar-refractivity contribution in [1.29, 1.82) is 0 Å². The summed E-state index contributed by atoms with van der Waals surface area (Å²) in [6.07, 6.45) is 1.61. The summed E-state index contributed by atoms with van der Waals surface area (Å²) in [6.45, 7) is 5.97. The van der Waals surface area contributed by atoms with Gasteiger partial charge in [0.05, 0.1) is 4.90 Å². The van der Waals surface area contributed by atoms with Crippen molar-refractivity contribution in [2.24, 2.45) is 0 Å². The van der Waals surface area contributed by atoms with Gasteiger partial charge in [-0.3, -0.25) is 0 Å². The summed E-state index contributed by atoms with van der Waals surface area (Å²) in [5.41, 5.74) is 2.07. The zero-order valence-electron chi connectivity index (χ0n) is 19.4. The predicted molar refractivity (Wildman–Crippen MR) is 135 cm³/mol. The van der Waals surface area contributed by atoms with E-state index >= 15 is 0 Å². The molecule has 0 amide bonds. The lowest BCUT2D eigenvalue weighted by molar-refractivity contribution is 0.312. The molecule has 0 atom stereocenters. The Morgan fingerprint density at radius 3 is 1.79 bits per heavy atom. The van der Waals surface area contributed by atoms with Crippen LogP contribution in [0.15, 0.2) is 71.9 Å². The second kappa shape index (κ2) is 9.69. The highest BCUT2D eigenvalue weighted by Gasteiger charge is 2.29. The minimum absolute atomic E-state index is 0.333. The fraction of sp³-hybridized carbons (Fsp3) is 0.360. The van der Waals surface area contributed by atoms with E-state index in [1.54, 1.807) is 22.8 Å². The number of benzene rings is 2. The molecule has 0 bridgehead atoms. The van der Waals surface area contributed by atoms with Crippen molar-refractivity contribution >= 4 is 21.7 Å². The van der Waals surface area contributed by atoms with Gasteiger partial charge in [0, 0.05) is 58.4 Å². The molecule has 3 aromatic rings. The Labute approximate surface area is 201 Å². The number of anilines is 2. The van der Waals surface area contributed by atoms with Crippen LogP contribution in [0.2, 0.25) is 0 Å². The van der Waals surface area contributed by atoms with Crippen LogP contribution in [0.5, 0.6) is 0 Å². The molecule has 0 aliphatic carbocycles. The maximum absolute atomic E-state index is 13.2. The first-order valence-electron chi connectivity index (χ1n) is 11.7. The van der Waals surface area contributed by atoms with Crippen LogP contribution in [0.4, 0.5) is 11.6 Å². The van der Waals surface area contributed by atoms with Crippen molar-refractivity contribution in [2.75, 3.05) is 69.2 Å². The van der Waals surface area contributed by atoms with Gasteiger partial charge < -0.3 is 14.7 Å². The molecule has 0 N–H and O–H groups in total. The largest absolute Gasteiger partial charge is 0.354 e. The molecule has 0 radical (unpaired) electrons. The molecule has 0 saturated carbocycles. The number of sulfonamides is 1. The Kier molecular flexibility index (Phi) is 6.49. The van der Waals surface area contributed by atoms with Crippen molar-refractivity contribution in [2.45, 2.75) is 4.90 Å². The van der Waals surface area contributed by atoms with Gasteiger partial charge in [-0.05, 0) is 30.3 Å². The topological polar surface area (TPSA) is 72.9 Å². The first-order chi connectivity index (χ1) is 16.5. The van der Waals surface area contributed by atoms with Crippen molar-refractivity contribution < 1.29 is 8.42 Å². The Morgan fingerprint density at radius 1 is 0.676 bits per heavy atom. The van der Waals surface area contributed by atoms with Gasteiger partial charge in [0.15, 0.2) is 0 Å². The van der Waals surface area contributed by atoms with E-state index in [-0.39, 0.29) is 0 Å². The van der Waals surface area contributed by atoms with Gasteiger partial charge in [0.2, 0.25) is 10.0 Å². The average Bonchev–Trinajstić information content (AvgIpc) is 2.90. The summed E-state index contributed by atoms with van der Waals surface area (Å²) in [5, 5.41) is 0. The number of likely N-dealkylation sites (N-methyl/N-ethyl adjacent to an activating group) is 1. The van der Waals surface area contributed by atoms with Gasteiger partial charge in [0.25, 0.3) is 0 Å². The number of hydrogen-bond acceptors (Lipinski definition) is 7. The van der Waals surface area contributed by atoms with Gasteiger partial charge in [-0.1, -0.05) is 42.5 Å². The van der Waals surface area contributed by atoms with Crippen LogP contribution < -0.4 is 9.80 Å². The van der Waals surface area contributed by atoms with E-state index in [2.05, 4.69) is 31.7 Å². The van der Waals surface area contributed by atoms with E-state index in [4.69, 9.17) is 0 Å². The lowest BCUT2D eigenvalue weighted by Gasteiger charge is -2.36. The first-order valence-corrected chi connectivity index (χ1v) is 13.1. The second-order valence-electron chi connectivity index (χ2n) is 8.81. The summed E-state index contributed by atoms with van der Waals surface area (Å²) in [4.78, 5) is 16.0. The Morgan fingerprint density at radius 2 is 1.21 bits per heavy atom. The standard InChI is InChI=1S/C25H30N6O2S/c1-28-11-13-29(14-12-28)24-19-25(27-20-26-24)30-15-17-31(18-16-30)34(32,33)23-9-7-22(8-10-23)21-5-3-2-4-6-21/h2-10,19-20H,11-18H2,1H3. The molecule has 2 fully saturated rings. The molecule has 34 heavy (non-hydrogen) atoms. The third-order valence-electron chi connectivity index (χ3n) is 6.63. The van der Waals surface area contributed by atoms with E-state index in [9.17, 15) is 8.42 Å². The van der Waals surface area contributed by atoms with E-state index in [1.807, 2.05) is 48.5 Å². The molecule has 2 saturated heterocycles. The van der Waals surface area contributed by atoms with E-state index in [1.165, 1.54) is 0 Å². The molecule has 2 aliphatic heterocycles. The molecule has 0 unspecified atom stereocenters. The zero-order valence-corrected chi connectivity index (χ0v) is 20.2. The Hall–Kier alpha value is -3.01. The van der Waals surface area contributed by atoms with Crippen LogP contribution in [-0.4, -0.2) is 87.0 Å². The predicted octanol–water partition coefficient (Wildman–Crippen LogP) is 2.41. The monoisotopic (exact) mass is 478 g/mol. The number of piperazine rings is 2. The van der Waals surface area contributed by atoms with Gasteiger partial charge in [0.1, 0.15) is 18.0 Å². The Bertz CT molecular complexity index is 1200. The fourth-order valence-corrected chi connectivity index (χ4v) is 5.90. The summed E-state index contributed by atoms with van der Waals surface area (Å²) < 4.78 is 28.0. The Balaban J connectivity index is 1.24. The van der Waals surface area contributed by atoms with Crippen molar-refractivity contribution in [1.82, 2.24) is 19.2 Å². The SMILES string of the molecule is CN1CCN(c2cc(N3CCN(S(=O)(=O)c4ccc(-c5ccccc5)cc4)CC3)ncn2)CC1. The smallest absolute Gasteiger partial charge is 0.243 e. The van der Waals surface area contributed by atoms with Gasteiger partial charge in [-0.25, -0.2) is 18.4 Å². The van der Waals surface area contributed by atoms with Crippen LogP contribution in [-0.2, 0) is 10.0 Å². The molecular weight excluding hydrogens is 448 g/mol. The average molecular weight is 479 g/mol. The van der Waals surface area contributed by atoms with Crippen LogP contribution in [0.3, 0.4) is 0 Å². The lowest BCUT2D eigenvalue weighted by atomic mass is 10.1. The van der Waals surface area contributed by atoms with Crippen LogP contribution in [0, 0.1) is 0 Å². The molecule has 9 heteroatoms. The van der Waals surface area contributed by atoms with Crippen LogP contribution in [0.25, 0.3) is 11.1 Å². The molecule has 1 aromatic heterocycles. The number of hydrogen-bond donors (Lipinski definition) is 0. The first kappa shape index (κ1) is 22.8. The highest BCUT2D eigenvalue weighted by Crippen LogP contribution is 2.25. The molecule has 178 valence electrons. The molecule has 2 aromatic carbocycles. The summed E-state index contributed by atoms with van der Waals surface area (Å²) in [5.74, 6) is 1.79. The summed E-state index contributed by atoms with van der Waals surface area (Å²) in [7, 11) is -1.40. The van der Waals surface area contributed by atoms with E-state index in [0.29, 0.717) is 31.1 Å². The van der Waals surface area contributed by atoms with Gasteiger partial charge in [-0.2, -0.15) is 4.31 Å². The van der Waals surface area contributed by atoms with Gasteiger partial charge in [-0.15, -0.1) is 0 Å². The molecule has 0 spiro atoms.